The van der Waals surface area contributed by atoms with Crippen molar-refractivity contribution in [2.45, 2.75) is 59.2 Å². The maximum Gasteiger partial charge on any atom is 0.408 e. The molecule has 2 amide bonds. The fourth-order valence-corrected chi connectivity index (χ4v) is 2.21. The van der Waals surface area contributed by atoms with E-state index in [0.717, 1.165) is 6.42 Å². The summed E-state index contributed by atoms with van der Waals surface area (Å²) in [5, 5.41) is 14.8. The summed E-state index contributed by atoms with van der Waals surface area (Å²) in [6, 6.07) is 5.42. The first-order chi connectivity index (χ1) is 12.2. The third kappa shape index (κ3) is 7.63. The van der Waals surface area contributed by atoms with Gasteiger partial charge in [-0.25, -0.2) is 4.79 Å². The van der Waals surface area contributed by atoms with Crippen molar-refractivity contribution in [1.29, 1.82) is 0 Å². The van der Waals surface area contributed by atoms with E-state index in [1.54, 1.807) is 26.0 Å². The van der Waals surface area contributed by atoms with Gasteiger partial charge in [-0.15, -0.1) is 0 Å². The van der Waals surface area contributed by atoms with E-state index in [1.165, 1.54) is 12.1 Å². The van der Waals surface area contributed by atoms with Crippen LogP contribution in [0.1, 0.15) is 41.0 Å². The van der Waals surface area contributed by atoms with E-state index in [4.69, 9.17) is 9.47 Å². The zero-order chi connectivity index (χ0) is 19.7. The van der Waals surface area contributed by atoms with Gasteiger partial charge < -0.3 is 25.2 Å². The van der Waals surface area contributed by atoms with Gasteiger partial charge in [0.25, 0.3) is 0 Å². The standard InChI is InChI=1S/C19H30N2O5/c1-6-13(4)17(21-19(24)26-12(2)3)18(23)20-14(5)11-25-16-9-7-15(22)8-10-16/h7-10,12-14,17,22H,6,11H2,1-5H3,(H,20,23)(H,21,24). The van der Waals surface area contributed by atoms with E-state index >= 15 is 0 Å². The maximum atomic E-state index is 12.6. The minimum Gasteiger partial charge on any atom is -0.508 e. The van der Waals surface area contributed by atoms with Crippen LogP contribution in [0.5, 0.6) is 11.5 Å². The van der Waals surface area contributed by atoms with Gasteiger partial charge in [-0.3, -0.25) is 4.79 Å². The van der Waals surface area contributed by atoms with Gasteiger partial charge in [0.1, 0.15) is 24.1 Å². The van der Waals surface area contributed by atoms with Crippen LogP contribution >= 0.6 is 0 Å². The highest BCUT2D eigenvalue weighted by atomic mass is 16.6. The Hall–Kier alpha value is -2.44. The lowest BCUT2D eigenvalue weighted by Gasteiger charge is -2.25. The number of hydrogen-bond acceptors (Lipinski definition) is 5. The number of amides is 2. The monoisotopic (exact) mass is 366 g/mol. The van der Waals surface area contributed by atoms with Crippen molar-refractivity contribution in [3.05, 3.63) is 24.3 Å². The molecular formula is C19H30N2O5. The number of alkyl carbamates (subject to hydrolysis) is 1. The van der Waals surface area contributed by atoms with E-state index in [-0.39, 0.29) is 36.3 Å². The highest BCUT2D eigenvalue weighted by Gasteiger charge is 2.27. The molecule has 0 aliphatic carbocycles. The summed E-state index contributed by atoms with van der Waals surface area (Å²) in [7, 11) is 0. The van der Waals surface area contributed by atoms with E-state index in [9.17, 15) is 14.7 Å². The first kappa shape index (κ1) is 21.6. The molecule has 146 valence electrons. The molecular weight excluding hydrogens is 336 g/mol. The topological polar surface area (TPSA) is 96.9 Å². The second-order valence-corrected chi connectivity index (χ2v) is 6.68. The van der Waals surface area contributed by atoms with E-state index in [2.05, 4.69) is 10.6 Å². The van der Waals surface area contributed by atoms with Gasteiger partial charge >= 0.3 is 6.09 Å². The lowest BCUT2D eigenvalue weighted by atomic mass is 9.98. The van der Waals surface area contributed by atoms with Crippen molar-refractivity contribution in [2.75, 3.05) is 6.61 Å². The summed E-state index contributed by atoms with van der Waals surface area (Å²) in [6.07, 6.45) is -0.125. The largest absolute Gasteiger partial charge is 0.508 e. The van der Waals surface area contributed by atoms with Crippen LogP contribution < -0.4 is 15.4 Å². The Balaban J connectivity index is 2.57. The van der Waals surface area contributed by atoms with Crippen LogP contribution in [0.2, 0.25) is 0 Å². The highest BCUT2D eigenvalue weighted by Crippen LogP contribution is 2.16. The number of hydrogen-bond donors (Lipinski definition) is 3. The lowest BCUT2D eigenvalue weighted by Crippen LogP contribution is -2.53. The molecule has 0 aromatic heterocycles. The molecule has 0 heterocycles. The second kappa shape index (κ2) is 10.5. The normalized spacial score (nSPS) is 14.2. The van der Waals surface area contributed by atoms with Crippen molar-refractivity contribution < 1.29 is 24.2 Å². The molecule has 7 heteroatoms. The van der Waals surface area contributed by atoms with Crippen LogP contribution in [0.3, 0.4) is 0 Å². The molecule has 3 unspecified atom stereocenters. The number of benzene rings is 1. The number of carbonyl (C=O) groups is 2. The third-order valence-corrected chi connectivity index (χ3v) is 3.84. The summed E-state index contributed by atoms with van der Waals surface area (Å²) < 4.78 is 10.7. The van der Waals surface area contributed by atoms with Crippen LogP contribution in [-0.4, -0.2) is 41.9 Å². The average Bonchev–Trinajstić information content (AvgIpc) is 2.57. The first-order valence-electron chi connectivity index (χ1n) is 8.92. The molecule has 1 aromatic carbocycles. The summed E-state index contributed by atoms with van der Waals surface area (Å²) >= 11 is 0. The van der Waals surface area contributed by atoms with Gasteiger partial charge in [0, 0.05) is 0 Å². The van der Waals surface area contributed by atoms with Crippen LogP contribution in [0.4, 0.5) is 4.79 Å². The predicted octanol–water partition coefficient (Wildman–Crippen LogP) is 2.83. The SMILES string of the molecule is CCC(C)C(NC(=O)OC(C)C)C(=O)NC(C)COc1ccc(O)cc1. The minimum atomic E-state index is -0.678. The summed E-state index contributed by atoms with van der Waals surface area (Å²) in [4.78, 5) is 24.4. The molecule has 0 saturated carbocycles. The number of ether oxygens (including phenoxy) is 2. The van der Waals surface area contributed by atoms with Crippen molar-refractivity contribution in [3.8, 4) is 11.5 Å². The Bertz CT molecular complexity index is 574. The molecule has 0 aliphatic heterocycles. The molecule has 0 spiro atoms. The molecule has 26 heavy (non-hydrogen) atoms. The fraction of sp³-hybridized carbons (Fsp3) is 0.579. The Morgan fingerprint density at radius 1 is 1.08 bits per heavy atom. The minimum absolute atomic E-state index is 0.0417. The third-order valence-electron chi connectivity index (χ3n) is 3.84. The van der Waals surface area contributed by atoms with Crippen LogP contribution in [0.25, 0.3) is 0 Å². The summed E-state index contributed by atoms with van der Waals surface area (Å²) in [6.45, 7) is 9.44. The predicted molar refractivity (Wildman–Crippen MR) is 99.2 cm³/mol. The van der Waals surface area contributed by atoms with Gasteiger partial charge in [0.15, 0.2) is 0 Å². The zero-order valence-electron chi connectivity index (χ0n) is 16.1. The molecule has 0 radical (unpaired) electrons. The number of nitrogens with one attached hydrogen (secondary N) is 2. The van der Waals surface area contributed by atoms with Gasteiger partial charge in [-0.2, -0.15) is 0 Å². The van der Waals surface area contributed by atoms with Gasteiger partial charge in [0.2, 0.25) is 5.91 Å². The Kier molecular flexibility index (Phi) is 8.75. The van der Waals surface area contributed by atoms with E-state index < -0.39 is 12.1 Å². The highest BCUT2D eigenvalue weighted by molar-refractivity contribution is 5.86. The first-order valence-corrected chi connectivity index (χ1v) is 8.92. The number of phenols is 1. The Labute approximate surface area is 155 Å². The van der Waals surface area contributed by atoms with Crippen LogP contribution in [0.15, 0.2) is 24.3 Å². The van der Waals surface area contributed by atoms with Crippen molar-refractivity contribution in [2.24, 2.45) is 5.92 Å². The molecule has 1 rings (SSSR count). The maximum absolute atomic E-state index is 12.6. The summed E-state index contributed by atoms with van der Waals surface area (Å²) in [5.41, 5.74) is 0. The van der Waals surface area contributed by atoms with Crippen LogP contribution in [0, 0.1) is 5.92 Å². The smallest absolute Gasteiger partial charge is 0.408 e. The van der Waals surface area contributed by atoms with Crippen molar-refractivity contribution >= 4 is 12.0 Å². The number of carbonyl (C=O) groups excluding carboxylic acids is 2. The molecule has 3 atom stereocenters. The molecule has 3 N–H and O–H groups in total. The van der Waals surface area contributed by atoms with E-state index in [1.807, 2.05) is 20.8 Å². The van der Waals surface area contributed by atoms with E-state index in [0.29, 0.717) is 5.75 Å². The van der Waals surface area contributed by atoms with Gasteiger partial charge in [-0.1, -0.05) is 20.3 Å². The molecule has 7 nitrogen and oxygen atoms in total. The number of aromatic hydroxyl groups is 1. The van der Waals surface area contributed by atoms with Gasteiger partial charge in [-0.05, 0) is 51.0 Å². The quantitative estimate of drug-likeness (QED) is 0.624. The number of rotatable bonds is 9. The van der Waals surface area contributed by atoms with Crippen molar-refractivity contribution in [1.82, 2.24) is 10.6 Å². The Morgan fingerprint density at radius 3 is 2.23 bits per heavy atom. The zero-order valence-corrected chi connectivity index (χ0v) is 16.1. The molecule has 0 saturated heterocycles. The summed E-state index contributed by atoms with van der Waals surface area (Å²) in [5.74, 6) is 0.442. The number of phenolic OH excluding ortho intramolecular Hbond substituents is 1. The lowest BCUT2D eigenvalue weighted by molar-refractivity contribution is -0.125. The fourth-order valence-electron chi connectivity index (χ4n) is 2.21. The molecule has 0 aliphatic rings. The molecule has 0 fully saturated rings. The average molecular weight is 366 g/mol. The Morgan fingerprint density at radius 2 is 1.69 bits per heavy atom. The van der Waals surface area contributed by atoms with Gasteiger partial charge in [0.05, 0.1) is 12.1 Å². The molecule has 1 aromatic rings. The van der Waals surface area contributed by atoms with Crippen molar-refractivity contribution in [3.63, 3.8) is 0 Å². The molecule has 0 bridgehead atoms. The second-order valence-electron chi connectivity index (χ2n) is 6.68. The van der Waals surface area contributed by atoms with Crippen LogP contribution in [-0.2, 0) is 9.53 Å².